The Morgan fingerprint density at radius 3 is 3.00 bits per heavy atom. The Kier molecular flexibility index (Phi) is 3.26. The van der Waals surface area contributed by atoms with Gasteiger partial charge in [0.25, 0.3) is 0 Å². The van der Waals surface area contributed by atoms with Crippen LogP contribution in [-0.2, 0) is 9.53 Å². The fourth-order valence-corrected chi connectivity index (χ4v) is 1.56. The molecule has 1 fully saturated rings. The second-order valence-corrected chi connectivity index (χ2v) is 3.12. The van der Waals surface area contributed by atoms with Crippen molar-refractivity contribution >= 4 is 11.7 Å². The van der Waals surface area contributed by atoms with Crippen LogP contribution in [0.15, 0.2) is 0 Å². The Balaban J connectivity index is 2.30. The van der Waals surface area contributed by atoms with Gasteiger partial charge in [-0.2, -0.15) is 0 Å². The molecule has 0 bridgehead atoms. The van der Waals surface area contributed by atoms with Crippen molar-refractivity contribution in [3.8, 4) is 0 Å². The van der Waals surface area contributed by atoms with E-state index in [9.17, 15) is 4.79 Å². The van der Waals surface area contributed by atoms with Crippen molar-refractivity contribution in [2.24, 2.45) is 5.92 Å². The molecule has 0 aromatic heterocycles. The van der Waals surface area contributed by atoms with E-state index in [-0.39, 0.29) is 11.9 Å². The third kappa shape index (κ3) is 2.32. The van der Waals surface area contributed by atoms with E-state index < -0.39 is 0 Å². The summed E-state index contributed by atoms with van der Waals surface area (Å²) in [6.45, 7) is 2.25. The van der Waals surface area contributed by atoms with Gasteiger partial charge in [-0.15, -0.1) is 0 Å². The first-order valence-electron chi connectivity index (χ1n) is 4.47. The lowest BCUT2D eigenvalue weighted by Gasteiger charge is -2.07. The van der Waals surface area contributed by atoms with Crippen LogP contribution >= 0.6 is 0 Å². The normalized spacial score (nSPS) is 22.8. The lowest BCUT2D eigenvalue weighted by Crippen LogP contribution is -2.14. The third-order valence-electron chi connectivity index (χ3n) is 2.21. The summed E-state index contributed by atoms with van der Waals surface area (Å²) in [7, 11) is 0. The number of esters is 1. The molecule has 0 aromatic rings. The first kappa shape index (κ1) is 9.23. The molecule has 1 aliphatic rings. The predicted octanol–water partition coefficient (Wildman–Crippen LogP) is 1.76. The smallest absolute Gasteiger partial charge is 0.306 e. The van der Waals surface area contributed by atoms with E-state index in [1.807, 2.05) is 0 Å². The van der Waals surface area contributed by atoms with Gasteiger partial charge in [-0.3, -0.25) is 4.79 Å². The molecule has 0 heterocycles. The molecule has 1 saturated carbocycles. The molecule has 68 valence electrons. The van der Waals surface area contributed by atoms with Crippen molar-refractivity contribution in [3.05, 3.63) is 0 Å². The van der Waals surface area contributed by atoms with Crippen LogP contribution in [0.5, 0.6) is 0 Å². The van der Waals surface area contributed by atoms with Crippen LogP contribution in [0.25, 0.3) is 0 Å². The molecular weight excluding hydrogens is 154 g/mol. The highest BCUT2D eigenvalue weighted by Gasteiger charge is 2.23. The quantitative estimate of drug-likeness (QED) is 0.654. The second kappa shape index (κ2) is 4.24. The van der Waals surface area contributed by atoms with Crippen LogP contribution < -0.4 is 0 Å². The summed E-state index contributed by atoms with van der Waals surface area (Å²) in [4.78, 5) is 11.0. The largest absolute Gasteiger partial charge is 0.466 e. The topological polar surface area (TPSA) is 50.2 Å². The molecular formula is C9H15NO2. The number of nitrogens with one attached hydrogen (secondary N) is 1. The first-order valence-corrected chi connectivity index (χ1v) is 4.47. The predicted molar refractivity (Wildman–Crippen MR) is 46.3 cm³/mol. The van der Waals surface area contributed by atoms with Crippen LogP contribution in [0.3, 0.4) is 0 Å². The summed E-state index contributed by atoms with van der Waals surface area (Å²) in [6, 6.07) is 0. The number of hydrogen-bond acceptors (Lipinski definition) is 3. The Bertz CT molecular complexity index is 189. The van der Waals surface area contributed by atoms with Gasteiger partial charge in [-0.1, -0.05) is 0 Å². The van der Waals surface area contributed by atoms with Crippen LogP contribution in [0.1, 0.15) is 32.6 Å². The SMILES string of the molecule is CCOC(=O)CC1CCCC1=N. The average Bonchev–Trinajstić information content (AvgIpc) is 2.37. The molecule has 0 amide bonds. The van der Waals surface area contributed by atoms with Gasteiger partial charge in [-0.25, -0.2) is 0 Å². The molecule has 1 aliphatic carbocycles. The zero-order chi connectivity index (χ0) is 8.97. The van der Waals surface area contributed by atoms with Gasteiger partial charge >= 0.3 is 5.97 Å². The molecule has 0 spiro atoms. The molecule has 3 nitrogen and oxygen atoms in total. The highest BCUT2D eigenvalue weighted by molar-refractivity contribution is 5.88. The second-order valence-electron chi connectivity index (χ2n) is 3.12. The van der Waals surface area contributed by atoms with E-state index >= 15 is 0 Å². The zero-order valence-corrected chi connectivity index (χ0v) is 7.43. The van der Waals surface area contributed by atoms with E-state index in [2.05, 4.69) is 0 Å². The van der Waals surface area contributed by atoms with Gasteiger partial charge in [0.1, 0.15) is 0 Å². The van der Waals surface area contributed by atoms with Crippen LogP contribution in [0, 0.1) is 11.3 Å². The number of ether oxygens (including phenoxy) is 1. The standard InChI is InChI=1S/C9H15NO2/c1-2-12-9(11)6-7-4-3-5-8(7)10/h7,10H,2-6H2,1H3. The van der Waals surface area contributed by atoms with Crippen LogP contribution in [0.4, 0.5) is 0 Å². The maximum Gasteiger partial charge on any atom is 0.306 e. The summed E-state index contributed by atoms with van der Waals surface area (Å²) in [6.07, 6.45) is 3.32. The third-order valence-corrected chi connectivity index (χ3v) is 2.21. The zero-order valence-electron chi connectivity index (χ0n) is 7.43. The Morgan fingerprint density at radius 2 is 2.50 bits per heavy atom. The maximum absolute atomic E-state index is 11.0. The molecule has 0 aliphatic heterocycles. The van der Waals surface area contributed by atoms with Crippen molar-refractivity contribution in [3.63, 3.8) is 0 Å². The Morgan fingerprint density at radius 1 is 1.75 bits per heavy atom. The molecule has 0 saturated heterocycles. The van der Waals surface area contributed by atoms with E-state index in [1.165, 1.54) is 0 Å². The lowest BCUT2D eigenvalue weighted by atomic mass is 10.0. The van der Waals surface area contributed by atoms with Gasteiger partial charge in [0.15, 0.2) is 0 Å². The van der Waals surface area contributed by atoms with Crippen molar-refractivity contribution in [2.75, 3.05) is 6.61 Å². The minimum Gasteiger partial charge on any atom is -0.466 e. The number of carbonyl (C=O) groups is 1. The van der Waals surface area contributed by atoms with Crippen molar-refractivity contribution in [1.29, 1.82) is 5.41 Å². The fourth-order valence-electron chi connectivity index (χ4n) is 1.56. The molecule has 1 N–H and O–H groups in total. The van der Waals surface area contributed by atoms with E-state index in [1.54, 1.807) is 6.92 Å². The van der Waals surface area contributed by atoms with Gasteiger partial charge in [-0.05, 0) is 26.2 Å². The summed E-state index contributed by atoms with van der Waals surface area (Å²) < 4.78 is 4.82. The molecule has 0 aromatic carbocycles. The molecule has 1 rings (SSSR count). The van der Waals surface area contributed by atoms with Crippen molar-refractivity contribution < 1.29 is 9.53 Å². The molecule has 1 atom stereocenters. The van der Waals surface area contributed by atoms with E-state index in [0.29, 0.717) is 13.0 Å². The van der Waals surface area contributed by atoms with E-state index in [4.69, 9.17) is 10.1 Å². The van der Waals surface area contributed by atoms with Crippen LogP contribution in [0.2, 0.25) is 0 Å². The van der Waals surface area contributed by atoms with E-state index in [0.717, 1.165) is 25.0 Å². The molecule has 3 heteroatoms. The minimum absolute atomic E-state index is 0.158. The molecule has 12 heavy (non-hydrogen) atoms. The Hall–Kier alpha value is -0.860. The average molecular weight is 169 g/mol. The highest BCUT2D eigenvalue weighted by atomic mass is 16.5. The lowest BCUT2D eigenvalue weighted by molar-refractivity contribution is -0.143. The minimum atomic E-state index is -0.158. The summed E-state index contributed by atoms with van der Waals surface area (Å²) in [5, 5.41) is 7.52. The molecule has 1 unspecified atom stereocenters. The number of carbonyl (C=O) groups excluding carboxylic acids is 1. The van der Waals surface area contributed by atoms with Gasteiger partial charge < -0.3 is 10.1 Å². The summed E-state index contributed by atoms with van der Waals surface area (Å²) >= 11 is 0. The summed E-state index contributed by atoms with van der Waals surface area (Å²) in [5.74, 6) is 0.0122. The van der Waals surface area contributed by atoms with Gasteiger partial charge in [0.05, 0.1) is 13.0 Å². The van der Waals surface area contributed by atoms with Crippen molar-refractivity contribution in [2.45, 2.75) is 32.6 Å². The van der Waals surface area contributed by atoms with Gasteiger partial charge in [0, 0.05) is 11.6 Å². The number of hydrogen-bond donors (Lipinski definition) is 1. The van der Waals surface area contributed by atoms with Crippen molar-refractivity contribution in [1.82, 2.24) is 0 Å². The maximum atomic E-state index is 11.0. The molecule has 0 radical (unpaired) electrons. The number of rotatable bonds is 3. The van der Waals surface area contributed by atoms with Gasteiger partial charge in [0.2, 0.25) is 0 Å². The Labute approximate surface area is 72.6 Å². The first-order chi connectivity index (χ1) is 5.74. The highest BCUT2D eigenvalue weighted by Crippen LogP contribution is 2.24. The fraction of sp³-hybridized carbons (Fsp3) is 0.778. The monoisotopic (exact) mass is 169 g/mol. The summed E-state index contributed by atoms with van der Waals surface area (Å²) in [5.41, 5.74) is 0.725. The van der Waals surface area contributed by atoms with Crippen LogP contribution in [-0.4, -0.2) is 18.3 Å².